The van der Waals surface area contributed by atoms with Gasteiger partial charge in [-0.1, -0.05) is 17.7 Å². The summed E-state index contributed by atoms with van der Waals surface area (Å²) in [5, 5.41) is 6.61. The number of sulfone groups is 1. The fourth-order valence-electron chi connectivity index (χ4n) is 3.04. The molecule has 0 atom stereocenters. The number of rotatable bonds is 8. The van der Waals surface area contributed by atoms with Crippen LogP contribution in [0.3, 0.4) is 0 Å². The van der Waals surface area contributed by atoms with Gasteiger partial charge in [-0.3, -0.25) is 9.89 Å². The number of nitrogens with zero attached hydrogens (tertiary/aromatic N) is 2. The number of nitrogens with one attached hydrogen (secondary N) is 2. The first-order chi connectivity index (χ1) is 12.9. The number of halogens is 1. The number of guanidine groups is 1. The van der Waals surface area contributed by atoms with Crippen LogP contribution < -0.4 is 15.4 Å². The molecule has 1 aliphatic rings. The molecule has 0 aliphatic carbocycles. The average Bonchev–Trinajstić information content (AvgIpc) is 2.63. The standard InChI is InChI=1S/C19H32N4O3S.HI/c1-4-20-19(22-9-10-23-11-13-27(24,25)14-12-23)21-8-7-17-15-16(2)5-6-18(17)26-3;/h5-6,15H,4,7-14H2,1-3H3,(H2,20,21,22);1H. The highest BCUT2D eigenvalue weighted by molar-refractivity contribution is 14.0. The van der Waals surface area contributed by atoms with Crippen molar-refractivity contribution in [2.24, 2.45) is 4.99 Å². The van der Waals surface area contributed by atoms with Gasteiger partial charge in [-0.05, 0) is 31.9 Å². The van der Waals surface area contributed by atoms with Crippen molar-refractivity contribution in [2.75, 3.05) is 57.9 Å². The van der Waals surface area contributed by atoms with Crippen molar-refractivity contribution in [3.05, 3.63) is 29.3 Å². The molecule has 1 heterocycles. The summed E-state index contributed by atoms with van der Waals surface area (Å²) < 4.78 is 28.4. The maximum Gasteiger partial charge on any atom is 0.191 e. The molecule has 0 radical (unpaired) electrons. The van der Waals surface area contributed by atoms with Crippen molar-refractivity contribution in [3.63, 3.8) is 0 Å². The molecule has 1 saturated heterocycles. The van der Waals surface area contributed by atoms with E-state index in [0.717, 1.165) is 37.8 Å². The minimum absolute atomic E-state index is 0. The van der Waals surface area contributed by atoms with Crippen molar-refractivity contribution in [1.82, 2.24) is 15.5 Å². The van der Waals surface area contributed by atoms with Gasteiger partial charge in [0.25, 0.3) is 0 Å². The molecule has 28 heavy (non-hydrogen) atoms. The van der Waals surface area contributed by atoms with E-state index < -0.39 is 9.84 Å². The second-order valence-corrected chi connectivity index (χ2v) is 9.05. The molecular formula is C19H33IN4O3S. The molecule has 1 aliphatic heterocycles. The zero-order valence-electron chi connectivity index (χ0n) is 17.0. The minimum Gasteiger partial charge on any atom is -0.496 e. The van der Waals surface area contributed by atoms with Crippen molar-refractivity contribution >= 4 is 39.8 Å². The molecule has 9 heteroatoms. The third-order valence-electron chi connectivity index (χ3n) is 4.59. The molecule has 0 aromatic heterocycles. The molecule has 160 valence electrons. The molecule has 2 rings (SSSR count). The van der Waals surface area contributed by atoms with Gasteiger partial charge in [0.1, 0.15) is 5.75 Å². The maximum atomic E-state index is 11.5. The van der Waals surface area contributed by atoms with Gasteiger partial charge in [-0.25, -0.2) is 8.42 Å². The maximum absolute atomic E-state index is 11.5. The van der Waals surface area contributed by atoms with Gasteiger partial charge in [-0.2, -0.15) is 0 Å². The first-order valence-corrected chi connectivity index (χ1v) is 11.3. The van der Waals surface area contributed by atoms with Crippen LogP contribution in [0.25, 0.3) is 0 Å². The SMILES string of the molecule is CCNC(=NCCN1CCS(=O)(=O)CC1)NCCc1cc(C)ccc1OC.I. The van der Waals surface area contributed by atoms with Gasteiger partial charge >= 0.3 is 0 Å². The Bertz CT molecular complexity index is 727. The van der Waals surface area contributed by atoms with E-state index in [-0.39, 0.29) is 35.5 Å². The number of aliphatic imine (C=N–C) groups is 1. The molecule has 1 aromatic rings. The number of hydrogen-bond acceptors (Lipinski definition) is 5. The van der Waals surface area contributed by atoms with E-state index in [1.807, 2.05) is 19.1 Å². The van der Waals surface area contributed by atoms with Gasteiger partial charge in [0, 0.05) is 32.7 Å². The summed E-state index contributed by atoms with van der Waals surface area (Å²) in [5.41, 5.74) is 2.39. The van der Waals surface area contributed by atoms with Gasteiger partial charge in [0.2, 0.25) is 0 Å². The second-order valence-electron chi connectivity index (χ2n) is 6.75. The van der Waals surface area contributed by atoms with Crippen LogP contribution in [0.1, 0.15) is 18.1 Å². The molecule has 0 saturated carbocycles. The Morgan fingerprint density at radius 3 is 2.61 bits per heavy atom. The molecule has 0 spiro atoms. The molecular weight excluding hydrogens is 491 g/mol. The Kier molecular flexibility index (Phi) is 11.1. The van der Waals surface area contributed by atoms with E-state index >= 15 is 0 Å². The lowest BCUT2D eigenvalue weighted by molar-refractivity contribution is 0.304. The fourth-order valence-corrected chi connectivity index (χ4v) is 4.31. The lowest BCUT2D eigenvalue weighted by atomic mass is 10.1. The van der Waals surface area contributed by atoms with Crippen LogP contribution in [-0.4, -0.2) is 77.2 Å². The Hall–Kier alpha value is -1.07. The smallest absolute Gasteiger partial charge is 0.191 e. The van der Waals surface area contributed by atoms with Crippen molar-refractivity contribution in [2.45, 2.75) is 20.3 Å². The van der Waals surface area contributed by atoms with Crippen LogP contribution in [0.5, 0.6) is 5.75 Å². The lowest BCUT2D eigenvalue weighted by Crippen LogP contribution is -2.42. The Morgan fingerprint density at radius 1 is 1.25 bits per heavy atom. The Morgan fingerprint density at radius 2 is 1.96 bits per heavy atom. The number of benzene rings is 1. The third kappa shape index (κ3) is 8.52. The highest BCUT2D eigenvalue weighted by Gasteiger charge is 2.20. The van der Waals surface area contributed by atoms with Crippen LogP contribution in [0, 0.1) is 6.92 Å². The van der Waals surface area contributed by atoms with Crippen LogP contribution in [-0.2, 0) is 16.3 Å². The largest absolute Gasteiger partial charge is 0.496 e. The highest BCUT2D eigenvalue weighted by Crippen LogP contribution is 2.19. The molecule has 1 fully saturated rings. The summed E-state index contributed by atoms with van der Waals surface area (Å²) in [6, 6.07) is 6.20. The molecule has 0 bridgehead atoms. The first kappa shape index (κ1) is 25.0. The Balaban J connectivity index is 0.00000392. The topological polar surface area (TPSA) is 83.0 Å². The highest BCUT2D eigenvalue weighted by atomic mass is 127. The number of methoxy groups -OCH3 is 1. The Labute approximate surface area is 186 Å². The van der Waals surface area contributed by atoms with Crippen LogP contribution >= 0.6 is 24.0 Å². The number of hydrogen-bond donors (Lipinski definition) is 2. The van der Waals surface area contributed by atoms with Gasteiger partial charge in [0.15, 0.2) is 15.8 Å². The van der Waals surface area contributed by atoms with E-state index in [1.54, 1.807) is 7.11 Å². The second kappa shape index (κ2) is 12.5. The van der Waals surface area contributed by atoms with E-state index in [9.17, 15) is 8.42 Å². The quantitative estimate of drug-likeness (QED) is 0.305. The zero-order valence-corrected chi connectivity index (χ0v) is 20.2. The average molecular weight is 524 g/mol. The monoisotopic (exact) mass is 524 g/mol. The van der Waals surface area contributed by atoms with E-state index in [4.69, 9.17) is 4.74 Å². The summed E-state index contributed by atoms with van der Waals surface area (Å²) in [5.74, 6) is 2.21. The van der Waals surface area contributed by atoms with Gasteiger partial charge in [-0.15, -0.1) is 24.0 Å². The summed E-state index contributed by atoms with van der Waals surface area (Å²) in [4.78, 5) is 6.77. The molecule has 0 amide bonds. The van der Waals surface area contributed by atoms with Crippen molar-refractivity contribution < 1.29 is 13.2 Å². The van der Waals surface area contributed by atoms with Crippen molar-refractivity contribution in [1.29, 1.82) is 0 Å². The van der Waals surface area contributed by atoms with E-state index in [0.29, 0.717) is 19.6 Å². The van der Waals surface area contributed by atoms with Crippen LogP contribution in [0.2, 0.25) is 0 Å². The number of ether oxygens (including phenoxy) is 1. The third-order valence-corrected chi connectivity index (χ3v) is 6.20. The lowest BCUT2D eigenvalue weighted by Gasteiger charge is -2.25. The summed E-state index contributed by atoms with van der Waals surface area (Å²) >= 11 is 0. The molecule has 0 unspecified atom stereocenters. The van der Waals surface area contributed by atoms with E-state index in [2.05, 4.69) is 33.5 Å². The zero-order chi connectivity index (χ0) is 19.7. The normalized spacial score (nSPS) is 16.9. The van der Waals surface area contributed by atoms with Crippen LogP contribution in [0.4, 0.5) is 0 Å². The number of aryl methyl sites for hydroxylation is 1. The summed E-state index contributed by atoms with van der Waals surface area (Å²) in [6.07, 6.45) is 0.846. The molecule has 2 N–H and O–H groups in total. The summed E-state index contributed by atoms with van der Waals surface area (Å²) in [6.45, 7) is 8.30. The van der Waals surface area contributed by atoms with Gasteiger partial charge in [0.05, 0.1) is 25.2 Å². The van der Waals surface area contributed by atoms with Crippen LogP contribution in [0.15, 0.2) is 23.2 Å². The predicted octanol–water partition coefficient (Wildman–Crippen LogP) is 1.45. The summed E-state index contributed by atoms with van der Waals surface area (Å²) in [7, 11) is -1.13. The minimum atomic E-state index is -2.83. The first-order valence-electron chi connectivity index (χ1n) is 9.52. The molecule has 1 aromatic carbocycles. The predicted molar refractivity (Wildman–Crippen MR) is 126 cm³/mol. The molecule has 7 nitrogen and oxygen atoms in total. The van der Waals surface area contributed by atoms with Crippen molar-refractivity contribution in [3.8, 4) is 5.75 Å². The van der Waals surface area contributed by atoms with Gasteiger partial charge < -0.3 is 15.4 Å². The fraction of sp³-hybridized carbons (Fsp3) is 0.632. The van der Waals surface area contributed by atoms with E-state index in [1.165, 1.54) is 11.1 Å².